The molecule has 1 aliphatic carbocycles. The number of carbonyl (C=O) groups is 2. The van der Waals surface area contributed by atoms with Crippen LogP contribution in [0.4, 0.5) is 0 Å². The van der Waals surface area contributed by atoms with Gasteiger partial charge in [-0.2, -0.15) is 0 Å². The molecule has 2 bridgehead atoms. The van der Waals surface area contributed by atoms with Crippen molar-refractivity contribution in [1.29, 1.82) is 0 Å². The van der Waals surface area contributed by atoms with Crippen LogP contribution in [0.15, 0.2) is 35.5 Å². The smallest absolute Gasteiger partial charge is 0.309 e. The molecule has 2 heterocycles. The van der Waals surface area contributed by atoms with E-state index in [1.165, 1.54) is 0 Å². The predicted molar refractivity (Wildman–Crippen MR) is 115 cm³/mol. The van der Waals surface area contributed by atoms with E-state index in [-0.39, 0.29) is 47.8 Å². The van der Waals surface area contributed by atoms with E-state index >= 15 is 0 Å². The highest BCUT2D eigenvalue weighted by atomic mass is 16.7. The third-order valence-corrected chi connectivity index (χ3v) is 6.86. The molecule has 0 saturated carbocycles. The Hall–Kier alpha value is -1.72. The van der Waals surface area contributed by atoms with E-state index < -0.39 is 17.5 Å². The molecule has 3 rings (SSSR count). The number of fused-ring (bicyclic) bond motifs is 3. The quantitative estimate of drug-likeness (QED) is 0.544. The Morgan fingerprint density at radius 3 is 2.53 bits per heavy atom. The normalized spacial score (nSPS) is 40.3. The van der Waals surface area contributed by atoms with E-state index in [9.17, 15) is 14.7 Å². The lowest BCUT2D eigenvalue weighted by Crippen LogP contribution is -2.46. The number of carbonyl (C=O) groups excluding carboxylic acids is 2. The SMILES string of the molecule is CC1=CC(=O)[C@H](C(C)C)[C@H]2/C=C(/C)[C@@]3(OC(=O)CC(C)C)C=C[C@](C)(O3)[C@@H](O)C[C@@H]12. The van der Waals surface area contributed by atoms with Crippen molar-refractivity contribution in [2.24, 2.45) is 29.6 Å². The molecule has 0 saturated heterocycles. The fraction of sp³-hybridized carbons (Fsp3) is 0.680. The van der Waals surface area contributed by atoms with E-state index in [4.69, 9.17) is 9.47 Å². The standard InChI is InChI=1S/C25H36O5/c1-14(2)10-22(28)29-25-9-8-24(7,30-25)21(27)13-18-16(5)11-20(26)23(15(3)4)19(18)12-17(25)6/h8-9,11-12,14-15,18-19,21,23,27H,10,13H2,1-7H3/b17-12-/t18-,19-,21-,23+,24-,25+/m0/s1. The van der Waals surface area contributed by atoms with E-state index in [1.807, 2.05) is 40.7 Å². The Morgan fingerprint density at radius 1 is 1.27 bits per heavy atom. The molecule has 0 fully saturated rings. The van der Waals surface area contributed by atoms with Crippen LogP contribution in [0.25, 0.3) is 0 Å². The monoisotopic (exact) mass is 416 g/mol. The second-order valence-corrected chi connectivity index (χ2v) is 10.2. The molecule has 0 aromatic heterocycles. The van der Waals surface area contributed by atoms with E-state index in [2.05, 4.69) is 19.9 Å². The summed E-state index contributed by atoms with van der Waals surface area (Å²) in [6.07, 6.45) is 7.33. The van der Waals surface area contributed by atoms with Gasteiger partial charge in [0.15, 0.2) is 5.78 Å². The van der Waals surface area contributed by atoms with Crippen LogP contribution in [0.2, 0.25) is 0 Å². The van der Waals surface area contributed by atoms with Crippen molar-refractivity contribution in [2.45, 2.75) is 78.8 Å². The van der Waals surface area contributed by atoms with E-state index in [0.29, 0.717) is 6.42 Å². The Kier molecular flexibility index (Phi) is 6.18. The lowest BCUT2D eigenvalue weighted by molar-refractivity contribution is -0.229. The maximum absolute atomic E-state index is 12.9. The molecule has 2 aliphatic heterocycles. The molecular formula is C25H36O5. The number of hydrogen-bond donors (Lipinski definition) is 1. The van der Waals surface area contributed by atoms with Crippen molar-refractivity contribution in [3.63, 3.8) is 0 Å². The van der Waals surface area contributed by atoms with Crippen molar-refractivity contribution >= 4 is 11.8 Å². The van der Waals surface area contributed by atoms with Gasteiger partial charge >= 0.3 is 5.97 Å². The van der Waals surface area contributed by atoms with Crippen LogP contribution < -0.4 is 0 Å². The Balaban J connectivity index is 2.10. The molecule has 0 aromatic carbocycles. The summed E-state index contributed by atoms with van der Waals surface area (Å²) in [5.41, 5.74) is 0.759. The topological polar surface area (TPSA) is 72.8 Å². The first-order valence-electron chi connectivity index (χ1n) is 11.1. The zero-order valence-electron chi connectivity index (χ0n) is 19.3. The van der Waals surface area contributed by atoms with Crippen molar-refractivity contribution in [2.75, 3.05) is 0 Å². The Labute approximate surface area is 180 Å². The molecule has 0 radical (unpaired) electrons. The van der Waals surface area contributed by atoms with E-state index in [0.717, 1.165) is 11.1 Å². The van der Waals surface area contributed by atoms with Crippen LogP contribution in [0.1, 0.15) is 61.3 Å². The highest BCUT2D eigenvalue weighted by molar-refractivity contribution is 5.94. The molecule has 1 N–H and O–H groups in total. The van der Waals surface area contributed by atoms with Gasteiger partial charge in [-0.3, -0.25) is 9.59 Å². The predicted octanol–water partition coefficient (Wildman–Crippen LogP) is 4.36. The molecule has 166 valence electrons. The summed E-state index contributed by atoms with van der Waals surface area (Å²) in [6, 6.07) is 0. The Morgan fingerprint density at radius 2 is 1.93 bits per heavy atom. The molecule has 0 unspecified atom stereocenters. The van der Waals surface area contributed by atoms with Gasteiger partial charge in [0.2, 0.25) is 0 Å². The number of aliphatic hydroxyl groups is 1. The zero-order chi connectivity index (χ0) is 22.4. The lowest BCUT2D eigenvalue weighted by Gasteiger charge is -2.39. The van der Waals surface area contributed by atoms with Gasteiger partial charge in [-0.05, 0) is 74.7 Å². The van der Waals surface area contributed by atoms with Gasteiger partial charge in [-0.1, -0.05) is 39.3 Å². The van der Waals surface area contributed by atoms with Gasteiger partial charge in [0.1, 0.15) is 5.60 Å². The summed E-state index contributed by atoms with van der Waals surface area (Å²) in [5.74, 6) is -1.49. The van der Waals surface area contributed by atoms with Crippen LogP contribution in [0, 0.1) is 29.6 Å². The molecule has 0 spiro atoms. The second-order valence-electron chi connectivity index (χ2n) is 10.2. The number of ketones is 1. The minimum absolute atomic E-state index is 0.0247. The first-order chi connectivity index (χ1) is 13.9. The zero-order valence-corrected chi connectivity index (χ0v) is 19.3. The van der Waals surface area contributed by atoms with Gasteiger partial charge < -0.3 is 14.6 Å². The van der Waals surface area contributed by atoms with Crippen molar-refractivity contribution in [3.8, 4) is 0 Å². The fourth-order valence-corrected chi connectivity index (χ4v) is 5.13. The largest absolute Gasteiger partial charge is 0.425 e. The minimum atomic E-state index is -1.35. The van der Waals surface area contributed by atoms with Gasteiger partial charge in [0, 0.05) is 12.3 Å². The number of allylic oxidation sites excluding steroid dienone is 3. The molecular weight excluding hydrogens is 380 g/mol. The average Bonchev–Trinajstić information content (AvgIpc) is 2.96. The number of esters is 1. The minimum Gasteiger partial charge on any atom is -0.425 e. The summed E-state index contributed by atoms with van der Waals surface area (Å²) < 4.78 is 12.2. The summed E-state index contributed by atoms with van der Waals surface area (Å²) >= 11 is 0. The third kappa shape index (κ3) is 4.06. The maximum atomic E-state index is 12.9. The number of ether oxygens (including phenoxy) is 2. The summed E-state index contributed by atoms with van der Waals surface area (Å²) in [5, 5.41) is 11.2. The van der Waals surface area contributed by atoms with Crippen LogP contribution >= 0.6 is 0 Å². The van der Waals surface area contributed by atoms with Crippen LogP contribution in [-0.2, 0) is 19.1 Å². The summed E-state index contributed by atoms with van der Waals surface area (Å²) in [6.45, 7) is 13.7. The first kappa shape index (κ1) is 23.0. The highest BCUT2D eigenvalue weighted by Gasteiger charge is 2.53. The highest BCUT2D eigenvalue weighted by Crippen LogP contribution is 2.48. The van der Waals surface area contributed by atoms with Crippen LogP contribution in [0.5, 0.6) is 0 Å². The number of aliphatic hydroxyl groups excluding tert-OH is 1. The first-order valence-corrected chi connectivity index (χ1v) is 11.1. The van der Waals surface area contributed by atoms with Gasteiger partial charge in [-0.25, -0.2) is 0 Å². The van der Waals surface area contributed by atoms with Crippen molar-refractivity contribution in [3.05, 3.63) is 35.5 Å². The number of hydrogen-bond acceptors (Lipinski definition) is 5. The van der Waals surface area contributed by atoms with Gasteiger partial charge in [0.05, 0.1) is 6.10 Å². The van der Waals surface area contributed by atoms with Crippen molar-refractivity contribution in [1.82, 2.24) is 0 Å². The molecule has 0 aromatic rings. The van der Waals surface area contributed by atoms with Crippen molar-refractivity contribution < 1.29 is 24.2 Å². The Bertz CT molecular complexity index is 804. The van der Waals surface area contributed by atoms with E-state index in [1.54, 1.807) is 12.2 Å². The molecule has 5 heteroatoms. The van der Waals surface area contributed by atoms with Crippen LogP contribution in [0.3, 0.4) is 0 Å². The molecule has 0 amide bonds. The van der Waals surface area contributed by atoms with Gasteiger partial charge in [0.25, 0.3) is 5.79 Å². The molecule has 6 atom stereocenters. The fourth-order valence-electron chi connectivity index (χ4n) is 5.13. The lowest BCUT2D eigenvalue weighted by atomic mass is 9.65. The summed E-state index contributed by atoms with van der Waals surface area (Å²) in [7, 11) is 0. The van der Waals surface area contributed by atoms with Crippen LogP contribution in [-0.4, -0.2) is 34.4 Å². The number of rotatable bonds is 4. The molecule has 30 heavy (non-hydrogen) atoms. The summed E-state index contributed by atoms with van der Waals surface area (Å²) in [4.78, 5) is 25.5. The third-order valence-electron chi connectivity index (χ3n) is 6.86. The van der Waals surface area contributed by atoms with Gasteiger partial charge in [-0.15, -0.1) is 0 Å². The average molecular weight is 417 g/mol. The maximum Gasteiger partial charge on any atom is 0.309 e. The molecule has 5 nitrogen and oxygen atoms in total. The molecule has 3 aliphatic rings. The second kappa shape index (κ2) is 8.08.